The van der Waals surface area contributed by atoms with E-state index in [1.54, 1.807) is 11.8 Å². The monoisotopic (exact) mass is 437 g/mol. The van der Waals surface area contributed by atoms with Gasteiger partial charge in [0.25, 0.3) is 5.91 Å². The third-order valence-corrected chi connectivity index (χ3v) is 5.87. The maximum Gasteiger partial charge on any atom is 0.298 e. The molecule has 1 amide bonds. The van der Waals surface area contributed by atoms with Crippen molar-refractivity contribution in [2.45, 2.75) is 19.3 Å². The molecule has 1 fully saturated rings. The molecule has 1 unspecified atom stereocenters. The molecule has 7 heteroatoms. The lowest BCUT2D eigenvalue weighted by atomic mass is 10.0. The van der Waals surface area contributed by atoms with Crippen molar-refractivity contribution in [2.24, 2.45) is 0 Å². The van der Waals surface area contributed by atoms with Gasteiger partial charge >= 0.3 is 0 Å². The molecule has 0 radical (unpaired) electrons. The van der Waals surface area contributed by atoms with Crippen molar-refractivity contribution in [3.63, 3.8) is 0 Å². The average Bonchev–Trinajstić information content (AvgIpc) is 3.47. The quantitative estimate of drug-likeness (QED) is 0.485. The van der Waals surface area contributed by atoms with Gasteiger partial charge in [0.1, 0.15) is 23.3 Å². The SMILES string of the molecule is CC#CC(=O)N1CCC(c2cn(-c3ccc(Oc4ccccc4)cc3)c3c(N)ncnc23)C1. The highest BCUT2D eigenvalue weighted by molar-refractivity contribution is 5.94. The van der Waals surface area contributed by atoms with Crippen molar-refractivity contribution >= 4 is 22.8 Å². The van der Waals surface area contributed by atoms with E-state index in [4.69, 9.17) is 10.5 Å². The van der Waals surface area contributed by atoms with E-state index in [1.165, 1.54) is 6.33 Å². The summed E-state index contributed by atoms with van der Waals surface area (Å²) in [6.45, 7) is 2.96. The zero-order chi connectivity index (χ0) is 22.8. The summed E-state index contributed by atoms with van der Waals surface area (Å²) in [4.78, 5) is 22.8. The van der Waals surface area contributed by atoms with Gasteiger partial charge < -0.3 is 19.9 Å². The molecular formula is C26H23N5O2. The lowest BCUT2D eigenvalue weighted by molar-refractivity contribution is -0.124. The number of aromatic nitrogens is 3. The van der Waals surface area contributed by atoms with Crippen LogP contribution in [0.15, 0.2) is 67.1 Å². The molecule has 1 saturated heterocycles. The van der Waals surface area contributed by atoms with E-state index in [2.05, 4.69) is 28.0 Å². The largest absolute Gasteiger partial charge is 0.457 e. The Morgan fingerprint density at radius 3 is 2.61 bits per heavy atom. The summed E-state index contributed by atoms with van der Waals surface area (Å²) in [6, 6.07) is 17.5. The second-order valence-corrected chi connectivity index (χ2v) is 7.93. The number of hydrogen-bond donors (Lipinski definition) is 1. The molecule has 2 aromatic carbocycles. The number of nitrogens with zero attached hydrogens (tertiary/aromatic N) is 4. The van der Waals surface area contributed by atoms with E-state index in [9.17, 15) is 4.79 Å². The van der Waals surface area contributed by atoms with E-state index in [-0.39, 0.29) is 11.8 Å². The summed E-state index contributed by atoms with van der Waals surface area (Å²) in [5.41, 5.74) is 9.84. The van der Waals surface area contributed by atoms with E-state index in [0.29, 0.717) is 18.9 Å². The zero-order valence-corrected chi connectivity index (χ0v) is 18.2. The number of ether oxygens (including phenoxy) is 1. The summed E-state index contributed by atoms with van der Waals surface area (Å²) < 4.78 is 7.93. The molecule has 2 N–H and O–H groups in total. The predicted molar refractivity (Wildman–Crippen MR) is 127 cm³/mol. The van der Waals surface area contributed by atoms with E-state index < -0.39 is 0 Å². The van der Waals surface area contributed by atoms with Gasteiger partial charge in [-0.05, 0) is 55.7 Å². The van der Waals surface area contributed by atoms with Gasteiger partial charge in [0.15, 0.2) is 5.82 Å². The number of rotatable bonds is 4. The molecule has 3 heterocycles. The molecule has 2 aromatic heterocycles. The Balaban J connectivity index is 1.48. The lowest BCUT2D eigenvalue weighted by Crippen LogP contribution is -2.26. The van der Waals surface area contributed by atoms with Crippen molar-refractivity contribution in [3.8, 4) is 29.0 Å². The molecule has 33 heavy (non-hydrogen) atoms. The summed E-state index contributed by atoms with van der Waals surface area (Å²) in [5.74, 6) is 7.29. The van der Waals surface area contributed by atoms with E-state index >= 15 is 0 Å². The Labute approximate surface area is 191 Å². The van der Waals surface area contributed by atoms with Gasteiger partial charge in [0.2, 0.25) is 0 Å². The van der Waals surface area contributed by atoms with Crippen LogP contribution in [0.5, 0.6) is 11.5 Å². The molecule has 5 rings (SSSR count). The zero-order valence-electron chi connectivity index (χ0n) is 18.2. The minimum absolute atomic E-state index is 0.133. The second-order valence-electron chi connectivity index (χ2n) is 7.93. The van der Waals surface area contributed by atoms with Crippen LogP contribution in [-0.2, 0) is 4.79 Å². The number of carbonyl (C=O) groups is 1. The highest BCUT2D eigenvalue weighted by Crippen LogP contribution is 2.36. The maximum atomic E-state index is 12.2. The van der Waals surface area contributed by atoms with E-state index in [1.807, 2.05) is 59.2 Å². The molecule has 1 aliphatic heterocycles. The fraction of sp³-hybridized carbons (Fsp3) is 0.192. The third kappa shape index (κ3) is 3.99. The van der Waals surface area contributed by atoms with Crippen LogP contribution in [-0.4, -0.2) is 38.4 Å². The summed E-state index contributed by atoms with van der Waals surface area (Å²) in [7, 11) is 0. The predicted octanol–water partition coefficient (Wildman–Crippen LogP) is 4.13. The van der Waals surface area contributed by atoms with Crippen LogP contribution in [0.2, 0.25) is 0 Å². The number of para-hydroxylation sites is 1. The molecule has 0 saturated carbocycles. The van der Waals surface area contributed by atoms with Gasteiger partial charge in [-0.2, -0.15) is 0 Å². The summed E-state index contributed by atoms with van der Waals surface area (Å²) in [5, 5.41) is 0. The first-order valence-electron chi connectivity index (χ1n) is 10.8. The van der Waals surface area contributed by atoms with Crippen LogP contribution in [0.25, 0.3) is 16.7 Å². The maximum absolute atomic E-state index is 12.2. The average molecular weight is 438 g/mol. The molecule has 164 valence electrons. The van der Waals surface area contributed by atoms with Crippen molar-refractivity contribution in [2.75, 3.05) is 18.8 Å². The first-order chi connectivity index (χ1) is 16.1. The Hall–Kier alpha value is -4.31. The third-order valence-electron chi connectivity index (χ3n) is 5.87. The summed E-state index contributed by atoms with van der Waals surface area (Å²) in [6.07, 6.45) is 4.40. The number of nitrogen functional groups attached to an aromatic ring is 1. The molecule has 1 aliphatic rings. The van der Waals surface area contributed by atoms with Crippen LogP contribution in [0, 0.1) is 11.8 Å². The Bertz CT molecular complexity index is 1370. The normalized spacial score (nSPS) is 15.3. The standard InChI is InChI=1S/C26H23N5O2/c1-2-6-23(32)30-14-13-18(15-30)22-16-31(25-24(22)28-17-29-26(25)27)19-9-11-21(12-10-19)33-20-7-4-3-5-8-20/h3-5,7-12,16-18H,13-15H2,1H3,(H2,27,28,29). The lowest BCUT2D eigenvalue weighted by Gasteiger charge is -2.12. The highest BCUT2D eigenvalue weighted by atomic mass is 16.5. The highest BCUT2D eigenvalue weighted by Gasteiger charge is 2.30. The molecule has 4 aromatic rings. The van der Waals surface area contributed by atoms with Gasteiger partial charge in [-0.25, -0.2) is 9.97 Å². The van der Waals surface area contributed by atoms with Gasteiger partial charge in [-0.1, -0.05) is 24.1 Å². The van der Waals surface area contributed by atoms with Gasteiger partial charge in [0.05, 0.1) is 5.52 Å². The number of likely N-dealkylation sites (tertiary alicyclic amines) is 1. The molecule has 7 nitrogen and oxygen atoms in total. The number of anilines is 1. The van der Waals surface area contributed by atoms with Gasteiger partial charge in [-0.15, -0.1) is 0 Å². The summed E-state index contributed by atoms with van der Waals surface area (Å²) >= 11 is 0. The molecule has 0 spiro atoms. The minimum atomic E-state index is -0.133. The van der Waals surface area contributed by atoms with Crippen LogP contribution in [0.1, 0.15) is 24.8 Å². The number of carbonyl (C=O) groups excluding carboxylic acids is 1. The minimum Gasteiger partial charge on any atom is -0.457 e. The Kier molecular flexibility index (Phi) is 5.41. The molecule has 1 atom stereocenters. The number of amides is 1. The van der Waals surface area contributed by atoms with Crippen LogP contribution >= 0.6 is 0 Å². The smallest absolute Gasteiger partial charge is 0.298 e. The molecular weight excluding hydrogens is 414 g/mol. The van der Waals surface area contributed by atoms with Gasteiger partial charge in [0, 0.05) is 36.5 Å². The topological polar surface area (TPSA) is 86.3 Å². The van der Waals surface area contributed by atoms with E-state index in [0.717, 1.165) is 40.2 Å². The fourth-order valence-corrected chi connectivity index (χ4v) is 4.29. The Morgan fingerprint density at radius 2 is 1.85 bits per heavy atom. The number of fused-ring (bicyclic) bond motifs is 1. The van der Waals surface area contributed by atoms with Crippen molar-refractivity contribution < 1.29 is 9.53 Å². The number of nitrogens with two attached hydrogens (primary N) is 1. The van der Waals surface area contributed by atoms with Crippen LogP contribution in [0.4, 0.5) is 5.82 Å². The van der Waals surface area contributed by atoms with Crippen LogP contribution in [0.3, 0.4) is 0 Å². The number of hydrogen-bond acceptors (Lipinski definition) is 5. The van der Waals surface area contributed by atoms with Crippen molar-refractivity contribution in [3.05, 3.63) is 72.7 Å². The first-order valence-corrected chi connectivity index (χ1v) is 10.8. The van der Waals surface area contributed by atoms with Crippen molar-refractivity contribution in [1.29, 1.82) is 0 Å². The van der Waals surface area contributed by atoms with Crippen molar-refractivity contribution in [1.82, 2.24) is 19.4 Å². The Morgan fingerprint density at radius 1 is 1.09 bits per heavy atom. The second kappa shape index (κ2) is 8.67. The fourth-order valence-electron chi connectivity index (χ4n) is 4.29. The van der Waals surface area contributed by atoms with Crippen LogP contribution < -0.4 is 10.5 Å². The van der Waals surface area contributed by atoms with Gasteiger partial charge in [-0.3, -0.25) is 4.79 Å². The molecule has 0 bridgehead atoms. The molecule has 0 aliphatic carbocycles. The first kappa shape index (κ1) is 20.6. The number of benzene rings is 2.